The standard InChI is InChI=1S/C35H37N7O7S/c36-33-32(35(46)40-25-6-2-1-3-7-25)41-29(22-38-33)24-11-15-27(16-12-24)50(47,48)39-19-5-4-8-30(43)37-20-21-49-26-13-9-23(10-14-26)28-17-18-31(44)42-34(28)45/h1-3,6-7,9-16,22,28,39H,4-5,8,17-21H2,(H2,36,38)(H,37,43)(H,40,46)(H,42,44,45). The molecule has 4 amide bonds. The van der Waals surface area contributed by atoms with Gasteiger partial charge in [-0.05, 0) is 61.2 Å². The Morgan fingerprint density at radius 3 is 2.40 bits per heavy atom. The molecule has 1 fully saturated rings. The molecular formula is C35H37N7O7S. The number of rotatable bonds is 15. The Morgan fingerprint density at radius 2 is 1.68 bits per heavy atom. The maximum atomic E-state index is 12.8. The summed E-state index contributed by atoms with van der Waals surface area (Å²) in [4.78, 5) is 56.8. The largest absolute Gasteiger partial charge is 0.492 e. The van der Waals surface area contributed by atoms with Crippen LogP contribution in [-0.4, -0.2) is 61.7 Å². The van der Waals surface area contributed by atoms with Crippen LogP contribution < -0.4 is 31.1 Å². The molecule has 15 heteroatoms. The van der Waals surface area contributed by atoms with E-state index in [1.807, 2.05) is 6.07 Å². The normalized spacial score (nSPS) is 14.4. The maximum absolute atomic E-state index is 12.8. The Morgan fingerprint density at radius 1 is 0.940 bits per heavy atom. The second kappa shape index (κ2) is 16.6. The molecule has 0 saturated carbocycles. The molecule has 4 aromatic rings. The fourth-order valence-corrected chi connectivity index (χ4v) is 6.25. The highest BCUT2D eigenvalue weighted by atomic mass is 32.2. The van der Waals surface area contributed by atoms with Crippen molar-refractivity contribution in [3.8, 4) is 17.0 Å². The first-order chi connectivity index (χ1) is 24.1. The van der Waals surface area contributed by atoms with Crippen molar-refractivity contribution >= 4 is 45.2 Å². The molecule has 2 heterocycles. The van der Waals surface area contributed by atoms with E-state index >= 15 is 0 Å². The molecule has 6 N–H and O–H groups in total. The fourth-order valence-electron chi connectivity index (χ4n) is 5.18. The molecule has 0 bridgehead atoms. The number of hydrogen-bond donors (Lipinski definition) is 5. The fraction of sp³-hybridized carbons (Fsp3) is 0.257. The molecule has 0 spiro atoms. The lowest BCUT2D eigenvalue weighted by Crippen LogP contribution is -2.39. The molecule has 1 aromatic heterocycles. The number of imide groups is 1. The summed E-state index contributed by atoms with van der Waals surface area (Å²) in [6, 6.07) is 21.9. The zero-order chi connectivity index (χ0) is 35.5. The van der Waals surface area contributed by atoms with E-state index in [1.165, 1.54) is 18.3 Å². The molecule has 1 atom stereocenters. The number of hydrogen-bond acceptors (Lipinski definition) is 10. The average Bonchev–Trinajstić information content (AvgIpc) is 3.11. The number of para-hydroxylation sites is 1. The van der Waals surface area contributed by atoms with E-state index in [0.717, 1.165) is 5.56 Å². The first-order valence-corrected chi connectivity index (χ1v) is 17.5. The Balaban J connectivity index is 0.997. The molecule has 1 aliphatic rings. The van der Waals surface area contributed by atoms with Crippen LogP contribution in [0.25, 0.3) is 11.3 Å². The molecule has 1 aliphatic heterocycles. The van der Waals surface area contributed by atoms with E-state index < -0.39 is 15.9 Å². The number of ether oxygens (including phenoxy) is 1. The third-order valence-corrected chi connectivity index (χ3v) is 9.32. The van der Waals surface area contributed by atoms with Crippen molar-refractivity contribution in [1.82, 2.24) is 25.3 Å². The van der Waals surface area contributed by atoms with Gasteiger partial charge in [-0.1, -0.05) is 42.5 Å². The first kappa shape index (κ1) is 35.6. The van der Waals surface area contributed by atoms with Crippen LogP contribution >= 0.6 is 0 Å². The van der Waals surface area contributed by atoms with Gasteiger partial charge < -0.3 is 21.1 Å². The van der Waals surface area contributed by atoms with Crippen molar-refractivity contribution < 1.29 is 32.3 Å². The number of nitrogens with zero attached hydrogens (tertiary/aromatic N) is 2. The van der Waals surface area contributed by atoms with E-state index in [2.05, 4.69) is 30.6 Å². The zero-order valence-electron chi connectivity index (χ0n) is 27.1. The van der Waals surface area contributed by atoms with Crippen molar-refractivity contribution in [3.05, 3.63) is 96.3 Å². The van der Waals surface area contributed by atoms with Gasteiger partial charge in [0.05, 0.1) is 29.2 Å². The molecule has 50 heavy (non-hydrogen) atoms. The van der Waals surface area contributed by atoms with Gasteiger partial charge in [-0.15, -0.1) is 0 Å². The summed E-state index contributed by atoms with van der Waals surface area (Å²) < 4.78 is 33.9. The number of carbonyl (C=O) groups excluding carboxylic acids is 4. The number of benzene rings is 3. The molecule has 14 nitrogen and oxygen atoms in total. The van der Waals surface area contributed by atoms with Gasteiger partial charge in [0.1, 0.15) is 12.4 Å². The number of aromatic nitrogens is 2. The highest BCUT2D eigenvalue weighted by Crippen LogP contribution is 2.26. The third-order valence-electron chi connectivity index (χ3n) is 7.85. The van der Waals surface area contributed by atoms with Gasteiger partial charge in [0.15, 0.2) is 11.5 Å². The van der Waals surface area contributed by atoms with E-state index in [4.69, 9.17) is 10.5 Å². The summed E-state index contributed by atoms with van der Waals surface area (Å²) >= 11 is 0. The van der Waals surface area contributed by atoms with E-state index in [9.17, 15) is 27.6 Å². The van der Waals surface area contributed by atoms with Crippen LogP contribution in [0.5, 0.6) is 5.75 Å². The predicted molar refractivity (Wildman–Crippen MR) is 185 cm³/mol. The molecule has 260 valence electrons. The second-order valence-corrected chi connectivity index (χ2v) is 13.2. The number of nitrogen functional groups attached to an aromatic ring is 1. The Kier molecular flexibility index (Phi) is 11.9. The molecule has 0 aliphatic carbocycles. The molecule has 5 rings (SSSR count). The van der Waals surface area contributed by atoms with Crippen LogP contribution in [0.15, 0.2) is 90.0 Å². The number of anilines is 2. The van der Waals surface area contributed by atoms with Crippen LogP contribution in [0.1, 0.15) is 54.1 Å². The van der Waals surface area contributed by atoms with Gasteiger partial charge in [-0.25, -0.2) is 23.1 Å². The molecule has 3 aromatic carbocycles. The van der Waals surface area contributed by atoms with Crippen molar-refractivity contribution in [2.24, 2.45) is 0 Å². The average molecular weight is 700 g/mol. The minimum Gasteiger partial charge on any atom is -0.492 e. The molecule has 1 saturated heterocycles. The molecule has 1 unspecified atom stereocenters. The molecule has 0 radical (unpaired) electrons. The van der Waals surface area contributed by atoms with Crippen molar-refractivity contribution in [3.63, 3.8) is 0 Å². The second-order valence-electron chi connectivity index (χ2n) is 11.5. The maximum Gasteiger partial charge on any atom is 0.278 e. The van der Waals surface area contributed by atoms with Crippen LogP contribution in [0.3, 0.4) is 0 Å². The number of piperidine rings is 1. The highest BCUT2D eigenvalue weighted by molar-refractivity contribution is 7.89. The number of sulfonamides is 1. The Hall–Kier alpha value is -5.67. The minimum atomic E-state index is -3.80. The first-order valence-electron chi connectivity index (χ1n) is 16.0. The summed E-state index contributed by atoms with van der Waals surface area (Å²) in [6.45, 7) is 0.691. The van der Waals surface area contributed by atoms with Crippen molar-refractivity contribution in [1.29, 1.82) is 0 Å². The van der Waals surface area contributed by atoms with Gasteiger partial charge >= 0.3 is 0 Å². The quantitative estimate of drug-likeness (QED) is 0.0904. The predicted octanol–water partition coefficient (Wildman–Crippen LogP) is 3.14. The minimum absolute atomic E-state index is 0.0372. The number of amides is 4. The van der Waals surface area contributed by atoms with Crippen LogP contribution in [0.4, 0.5) is 11.5 Å². The number of nitrogens with two attached hydrogens (primary N) is 1. The van der Waals surface area contributed by atoms with E-state index in [0.29, 0.717) is 54.9 Å². The monoisotopic (exact) mass is 699 g/mol. The Bertz CT molecular complexity index is 1940. The Labute approximate surface area is 289 Å². The van der Waals surface area contributed by atoms with Gasteiger partial charge in [-0.2, -0.15) is 0 Å². The summed E-state index contributed by atoms with van der Waals surface area (Å²) in [5.41, 5.74) is 8.12. The lowest BCUT2D eigenvalue weighted by molar-refractivity contribution is -0.134. The van der Waals surface area contributed by atoms with Crippen molar-refractivity contribution in [2.75, 3.05) is 30.7 Å². The lowest BCUT2D eigenvalue weighted by atomic mass is 9.90. The van der Waals surface area contributed by atoms with Crippen LogP contribution in [0, 0.1) is 0 Å². The van der Waals surface area contributed by atoms with Crippen LogP contribution in [-0.2, 0) is 24.4 Å². The number of carbonyl (C=O) groups is 4. The van der Waals surface area contributed by atoms with Crippen molar-refractivity contribution in [2.45, 2.75) is 42.9 Å². The van der Waals surface area contributed by atoms with Gasteiger partial charge in [-0.3, -0.25) is 24.5 Å². The van der Waals surface area contributed by atoms with Gasteiger partial charge in [0.2, 0.25) is 27.7 Å². The summed E-state index contributed by atoms with van der Waals surface area (Å²) in [5.74, 6) is -1.06. The number of nitrogens with one attached hydrogen (secondary N) is 4. The number of unbranched alkanes of at least 4 members (excludes halogenated alkanes) is 1. The third kappa shape index (κ3) is 9.70. The highest BCUT2D eigenvalue weighted by Gasteiger charge is 2.27. The lowest BCUT2D eigenvalue weighted by Gasteiger charge is -2.21. The summed E-state index contributed by atoms with van der Waals surface area (Å²) in [5, 5.41) is 7.84. The molecular weight excluding hydrogens is 662 g/mol. The van der Waals surface area contributed by atoms with E-state index in [-0.39, 0.29) is 59.6 Å². The summed E-state index contributed by atoms with van der Waals surface area (Å²) in [7, 11) is -3.80. The van der Waals surface area contributed by atoms with E-state index in [1.54, 1.807) is 60.7 Å². The zero-order valence-corrected chi connectivity index (χ0v) is 27.9. The SMILES string of the molecule is Nc1ncc(-c2ccc(S(=O)(=O)NCCCCC(=O)NCCOc3ccc(C4CCC(=O)NC4=O)cc3)cc2)nc1C(=O)Nc1ccccc1. The van der Waals surface area contributed by atoms with Gasteiger partial charge in [0, 0.05) is 30.6 Å². The van der Waals surface area contributed by atoms with Gasteiger partial charge in [0.25, 0.3) is 5.91 Å². The summed E-state index contributed by atoms with van der Waals surface area (Å²) in [6.07, 6.45) is 3.35. The topological polar surface area (TPSA) is 212 Å². The van der Waals surface area contributed by atoms with Crippen LogP contribution in [0.2, 0.25) is 0 Å². The smallest absolute Gasteiger partial charge is 0.278 e.